The number of carboxylic acid groups (broad SMARTS) is 1. The number of rotatable bonds is 2. The van der Waals surface area contributed by atoms with Gasteiger partial charge in [0.2, 0.25) is 5.91 Å². The van der Waals surface area contributed by atoms with E-state index in [9.17, 15) is 14.4 Å². The van der Waals surface area contributed by atoms with Crippen molar-refractivity contribution in [2.24, 2.45) is 0 Å². The van der Waals surface area contributed by atoms with Crippen molar-refractivity contribution < 1.29 is 19.5 Å². The van der Waals surface area contributed by atoms with Crippen LogP contribution in [0.15, 0.2) is 0 Å². The fraction of sp³-hybridized carbons (Fsp3) is 0.700. The number of thioether (sulfide) groups is 1. The molecule has 18 heavy (non-hydrogen) atoms. The highest BCUT2D eigenvalue weighted by atomic mass is 32.2. The van der Waals surface area contributed by atoms with E-state index in [4.69, 9.17) is 5.11 Å². The smallest absolute Gasteiger partial charge is 0.327 e. The van der Waals surface area contributed by atoms with Gasteiger partial charge in [-0.3, -0.25) is 4.79 Å². The Labute approximate surface area is 108 Å². The van der Waals surface area contributed by atoms with Crippen LogP contribution in [-0.4, -0.2) is 58.2 Å². The van der Waals surface area contributed by atoms with Crippen molar-refractivity contribution in [3.63, 3.8) is 0 Å². The first-order valence-corrected chi connectivity index (χ1v) is 6.88. The Morgan fingerprint density at radius 1 is 1.50 bits per heavy atom. The summed E-state index contributed by atoms with van der Waals surface area (Å²) in [6.07, 6.45) is 0.984. The molecule has 2 heterocycles. The van der Waals surface area contributed by atoms with Crippen molar-refractivity contribution in [1.29, 1.82) is 0 Å². The summed E-state index contributed by atoms with van der Waals surface area (Å²) in [5.74, 6) is -0.181. The monoisotopic (exact) mass is 273 g/mol. The quantitative estimate of drug-likeness (QED) is 0.626. The number of hydrogen-bond donors (Lipinski definition) is 3. The Kier molecular flexibility index (Phi) is 3.95. The fourth-order valence-electron chi connectivity index (χ4n) is 1.96. The molecule has 0 bridgehead atoms. The minimum absolute atomic E-state index is 0.0133. The van der Waals surface area contributed by atoms with Gasteiger partial charge in [-0.05, 0) is 6.42 Å². The molecule has 2 aliphatic rings. The number of carboxylic acids is 1. The van der Waals surface area contributed by atoms with Crippen LogP contribution in [0.3, 0.4) is 0 Å². The number of nitrogens with one attached hydrogen (secondary N) is 2. The summed E-state index contributed by atoms with van der Waals surface area (Å²) >= 11 is 1.42. The minimum Gasteiger partial charge on any atom is -0.480 e. The Bertz CT molecular complexity index is 366. The second-order valence-electron chi connectivity index (χ2n) is 4.31. The summed E-state index contributed by atoms with van der Waals surface area (Å²) in [5, 5.41) is 14.4. The van der Waals surface area contributed by atoms with Crippen molar-refractivity contribution in [2.45, 2.75) is 24.9 Å². The molecule has 2 atom stereocenters. The molecule has 0 aliphatic carbocycles. The SMILES string of the molecule is O=C1CCC(NC(=O)N2CSCC2C(=O)O)CN1. The maximum atomic E-state index is 11.9. The molecule has 3 amide bonds. The minimum atomic E-state index is -0.980. The highest BCUT2D eigenvalue weighted by Crippen LogP contribution is 2.21. The van der Waals surface area contributed by atoms with Crippen molar-refractivity contribution in [2.75, 3.05) is 18.2 Å². The van der Waals surface area contributed by atoms with Gasteiger partial charge in [0.15, 0.2) is 0 Å². The van der Waals surface area contributed by atoms with Crippen molar-refractivity contribution in [1.82, 2.24) is 15.5 Å². The third-order valence-electron chi connectivity index (χ3n) is 3.02. The molecule has 3 N–H and O–H groups in total. The molecule has 0 aromatic carbocycles. The zero-order valence-electron chi connectivity index (χ0n) is 9.72. The number of carbonyl (C=O) groups excluding carboxylic acids is 2. The lowest BCUT2D eigenvalue weighted by molar-refractivity contribution is -0.140. The summed E-state index contributed by atoms with van der Waals surface area (Å²) < 4.78 is 0. The van der Waals surface area contributed by atoms with E-state index in [-0.39, 0.29) is 18.0 Å². The normalized spacial score (nSPS) is 27.8. The molecule has 2 rings (SSSR count). The van der Waals surface area contributed by atoms with Crippen LogP contribution >= 0.6 is 11.8 Å². The summed E-state index contributed by atoms with van der Waals surface area (Å²) in [6, 6.07) is -1.24. The summed E-state index contributed by atoms with van der Waals surface area (Å²) in [5.41, 5.74) is 0. The number of aliphatic carboxylic acids is 1. The van der Waals surface area contributed by atoms with Gasteiger partial charge in [0, 0.05) is 24.8 Å². The van der Waals surface area contributed by atoms with Crippen molar-refractivity contribution in [3.8, 4) is 0 Å². The van der Waals surface area contributed by atoms with Crippen LogP contribution in [0.2, 0.25) is 0 Å². The average molecular weight is 273 g/mol. The van der Waals surface area contributed by atoms with E-state index in [2.05, 4.69) is 10.6 Å². The zero-order valence-corrected chi connectivity index (χ0v) is 10.5. The molecule has 0 aromatic heterocycles. The average Bonchev–Trinajstić information content (AvgIpc) is 2.81. The Morgan fingerprint density at radius 2 is 2.28 bits per heavy atom. The number of amides is 3. The van der Waals surface area contributed by atoms with E-state index < -0.39 is 12.0 Å². The third-order valence-corrected chi connectivity index (χ3v) is 4.03. The lowest BCUT2D eigenvalue weighted by Crippen LogP contribution is -2.54. The molecule has 2 saturated heterocycles. The van der Waals surface area contributed by atoms with E-state index >= 15 is 0 Å². The number of urea groups is 1. The van der Waals surface area contributed by atoms with Gasteiger partial charge >= 0.3 is 12.0 Å². The van der Waals surface area contributed by atoms with Crippen LogP contribution < -0.4 is 10.6 Å². The standard InChI is InChI=1S/C10H15N3O4S/c14-8-2-1-6(3-11-8)12-10(17)13-5-18-4-7(13)9(15)16/h6-7H,1-5H2,(H,11,14)(H,12,17)(H,15,16). The van der Waals surface area contributed by atoms with E-state index in [1.807, 2.05) is 0 Å². The van der Waals surface area contributed by atoms with E-state index in [0.29, 0.717) is 31.0 Å². The molecule has 2 aliphatic heterocycles. The number of nitrogens with zero attached hydrogens (tertiary/aromatic N) is 1. The van der Waals surface area contributed by atoms with Gasteiger partial charge < -0.3 is 20.6 Å². The largest absolute Gasteiger partial charge is 0.480 e. The number of piperidine rings is 1. The molecule has 0 aromatic rings. The van der Waals surface area contributed by atoms with Crippen LogP contribution in [0, 0.1) is 0 Å². The molecular formula is C10H15N3O4S. The Morgan fingerprint density at radius 3 is 2.89 bits per heavy atom. The van der Waals surface area contributed by atoms with Crippen LogP contribution in [0.4, 0.5) is 4.79 Å². The molecule has 0 saturated carbocycles. The van der Waals surface area contributed by atoms with E-state index in [1.54, 1.807) is 0 Å². The Hall–Kier alpha value is -1.44. The molecule has 0 spiro atoms. The van der Waals surface area contributed by atoms with Gasteiger partial charge in [-0.15, -0.1) is 11.8 Å². The predicted octanol–water partition coefficient (Wildman–Crippen LogP) is -0.566. The van der Waals surface area contributed by atoms with E-state index in [0.717, 1.165) is 0 Å². The molecule has 2 unspecified atom stereocenters. The second kappa shape index (κ2) is 5.47. The number of hydrogen-bond acceptors (Lipinski definition) is 4. The Balaban J connectivity index is 1.87. The molecular weight excluding hydrogens is 258 g/mol. The molecule has 7 nitrogen and oxygen atoms in total. The van der Waals surface area contributed by atoms with Gasteiger partial charge in [0.1, 0.15) is 6.04 Å². The van der Waals surface area contributed by atoms with E-state index in [1.165, 1.54) is 16.7 Å². The van der Waals surface area contributed by atoms with Crippen LogP contribution in [0.1, 0.15) is 12.8 Å². The van der Waals surface area contributed by atoms with Gasteiger partial charge in [-0.2, -0.15) is 0 Å². The second-order valence-corrected chi connectivity index (χ2v) is 5.31. The van der Waals surface area contributed by atoms with Crippen LogP contribution in [0.5, 0.6) is 0 Å². The molecule has 8 heteroatoms. The van der Waals surface area contributed by atoms with Crippen LogP contribution in [-0.2, 0) is 9.59 Å². The van der Waals surface area contributed by atoms with Crippen molar-refractivity contribution in [3.05, 3.63) is 0 Å². The van der Waals surface area contributed by atoms with Gasteiger partial charge in [-0.25, -0.2) is 9.59 Å². The highest BCUT2D eigenvalue weighted by Gasteiger charge is 2.35. The first kappa shape index (κ1) is 13.0. The summed E-state index contributed by atoms with van der Waals surface area (Å²) in [6.45, 7) is 0.406. The molecule has 2 fully saturated rings. The summed E-state index contributed by atoms with van der Waals surface area (Å²) in [7, 11) is 0. The maximum Gasteiger partial charge on any atom is 0.327 e. The van der Waals surface area contributed by atoms with Crippen LogP contribution in [0.25, 0.3) is 0 Å². The first-order chi connectivity index (χ1) is 8.58. The summed E-state index contributed by atoms with van der Waals surface area (Å²) in [4.78, 5) is 35.2. The maximum absolute atomic E-state index is 11.9. The number of carbonyl (C=O) groups is 3. The topological polar surface area (TPSA) is 98.7 Å². The first-order valence-electron chi connectivity index (χ1n) is 5.72. The van der Waals surface area contributed by atoms with Crippen molar-refractivity contribution >= 4 is 29.7 Å². The lowest BCUT2D eigenvalue weighted by Gasteiger charge is -2.27. The lowest BCUT2D eigenvalue weighted by atomic mass is 10.1. The molecule has 0 radical (unpaired) electrons. The fourth-order valence-corrected chi connectivity index (χ4v) is 3.11. The van der Waals surface area contributed by atoms with Gasteiger partial charge in [0.05, 0.1) is 5.88 Å². The van der Waals surface area contributed by atoms with Gasteiger partial charge in [-0.1, -0.05) is 0 Å². The third kappa shape index (κ3) is 2.87. The highest BCUT2D eigenvalue weighted by molar-refractivity contribution is 7.99. The predicted molar refractivity (Wildman–Crippen MR) is 65.2 cm³/mol. The zero-order chi connectivity index (χ0) is 13.1. The van der Waals surface area contributed by atoms with Gasteiger partial charge in [0.25, 0.3) is 0 Å². The molecule has 100 valence electrons.